The molecule has 2 aromatic carbocycles. The highest BCUT2D eigenvalue weighted by atomic mass is 16.5. The third-order valence-corrected chi connectivity index (χ3v) is 6.95. The van der Waals surface area contributed by atoms with Gasteiger partial charge >= 0.3 is 5.69 Å². The molecule has 1 amide bonds. The lowest BCUT2D eigenvalue weighted by molar-refractivity contribution is 0.0993. The number of carbonyl (C=O) groups excluding carboxylic acids is 1. The molecule has 0 bridgehead atoms. The Hall–Kier alpha value is -4.15. The van der Waals surface area contributed by atoms with E-state index in [4.69, 9.17) is 15.2 Å². The highest BCUT2D eigenvalue weighted by Crippen LogP contribution is 2.32. The number of benzene rings is 2. The lowest BCUT2D eigenvalue weighted by atomic mass is 9.94. The third-order valence-electron chi connectivity index (χ3n) is 6.95. The fourth-order valence-corrected chi connectivity index (χ4v) is 4.63. The third kappa shape index (κ3) is 6.88. The van der Waals surface area contributed by atoms with Crippen molar-refractivity contribution in [2.45, 2.75) is 51.3 Å². The molecule has 0 saturated heterocycles. The summed E-state index contributed by atoms with van der Waals surface area (Å²) in [5.41, 5.74) is 7.74. The molecule has 1 unspecified atom stereocenters. The van der Waals surface area contributed by atoms with Crippen LogP contribution < -0.4 is 26.2 Å². The fourth-order valence-electron chi connectivity index (χ4n) is 4.63. The summed E-state index contributed by atoms with van der Waals surface area (Å²) in [7, 11) is 0. The van der Waals surface area contributed by atoms with E-state index in [1.807, 2.05) is 42.5 Å². The van der Waals surface area contributed by atoms with Gasteiger partial charge in [0, 0.05) is 30.9 Å². The van der Waals surface area contributed by atoms with Gasteiger partial charge in [-0.2, -0.15) is 0 Å². The molecule has 5 rings (SSSR count). The number of ether oxygens (including phenoxy) is 2. The molecule has 0 spiro atoms. The predicted octanol–water partition coefficient (Wildman–Crippen LogP) is 3.38. The molecule has 1 aliphatic rings. The number of aromatic nitrogens is 3. The van der Waals surface area contributed by atoms with Crippen molar-refractivity contribution >= 4 is 16.9 Å². The van der Waals surface area contributed by atoms with Gasteiger partial charge < -0.3 is 30.6 Å². The molecule has 1 fully saturated rings. The minimum absolute atomic E-state index is 0.103. The number of nitrogens with one attached hydrogen (secondary N) is 2. The van der Waals surface area contributed by atoms with Crippen molar-refractivity contribution in [3.63, 3.8) is 0 Å². The Morgan fingerprint density at radius 3 is 2.65 bits per heavy atom. The summed E-state index contributed by atoms with van der Waals surface area (Å²) < 4.78 is 13.5. The Labute approximate surface area is 232 Å². The van der Waals surface area contributed by atoms with Gasteiger partial charge in [-0.15, -0.1) is 0 Å². The van der Waals surface area contributed by atoms with Gasteiger partial charge in [-0.1, -0.05) is 18.2 Å². The molecule has 4 aromatic rings. The highest BCUT2D eigenvalue weighted by Gasteiger charge is 2.25. The minimum atomic E-state index is -0.735. The van der Waals surface area contributed by atoms with Crippen LogP contribution in [0.15, 0.2) is 65.6 Å². The van der Waals surface area contributed by atoms with E-state index in [0.717, 1.165) is 35.9 Å². The zero-order valence-corrected chi connectivity index (χ0v) is 22.7. The Balaban J connectivity index is 1.12. The van der Waals surface area contributed by atoms with Crippen LogP contribution in [0.1, 0.15) is 42.6 Å². The number of nitrogens with two attached hydrogens (primary N) is 1. The van der Waals surface area contributed by atoms with Crippen LogP contribution >= 0.6 is 0 Å². The number of imidazole rings is 1. The Morgan fingerprint density at radius 1 is 1.20 bits per heavy atom. The van der Waals surface area contributed by atoms with Crippen LogP contribution in [0.4, 0.5) is 0 Å². The van der Waals surface area contributed by atoms with E-state index in [1.54, 1.807) is 16.7 Å². The average molecular weight is 546 g/mol. The largest absolute Gasteiger partial charge is 0.489 e. The van der Waals surface area contributed by atoms with Crippen molar-refractivity contribution in [2.75, 3.05) is 13.2 Å². The second-order valence-corrected chi connectivity index (χ2v) is 11.0. The summed E-state index contributed by atoms with van der Waals surface area (Å²) in [6.45, 7) is 5.29. The molecule has 0 aliphatic heterocycles. The van der Waals surface area contributed by atoms with Crippen molar-refractivity contribution in [3.05, 3.63) is 82.4 Å². The lowest BCUT2D eigenvalue weighted by Gasteiger charge is -2.28. The molecule has 1 atom stereocenters. The van der Waals surface area contributed by atoms with Gasteiger partial charge in [0.1, 0.15) is 29.7 Å². The summed E-state index contributed by atoms with van der Waals surface area (Å²) in [5, 5.41) is 14.1. The molecular weight excluding hydrogens is 510 g/mol. The number of aliphatic hydroxyl groups is 1. The lowest BCUT2D eigenvalue weighted by Crippen LogP contribution is -2.46. The number of primary amides is 1. The first-order valence-corrected chi connectivity index (χ1v) is 13.5. The van der Waals surface area contributed by atoms with Gasteiger partial charge in [-0.25, -0.2) is 9.78 Å². The number of nitrogens with zero attached hydrogens (tertiary/aromatic N) is 2. The molecule has 40 heavy (non-hydrogen) atoms. The summed E-state index contributed by atoms with van der Waals surface area (Å²) in [4.78, 5) is 30.7. The van der Waals surface area contributed by atoms with E-state index in [9.17, 15) is 14.7 Å². The van der Waals surface area contributed by atoms with E-state index >= 15 is 0 Å². The zero-order valence-electron chi connectivity index (χ0n) is 22.7. The maximum Gasteiger partial charge on any atom is 0.326 e. The number of hydrogen-bond donors (Lipinski definition) is 4. The number of aliphatic hydroxyl groups excluding tert-OH is 1. The van der Waals surface area contributed by atoms with Crippen LogP contribution in [0.5, 0.6) is 17.4 Å². The second kappa shape index (κ2) is 11.5. The minimum Gasteiger partial charge on any atom is -0.489 e. The molecular formula is C30H35N5O5. The topological polar surface area (TPSA) is 144 Å². The van der Waals surface area contributed by atoms with Gasteiger partial charge in [0.15, 0.2) is 0 Å². The second-order valence-electron chi connectivity index (χ2n) is 11.0. The van der Waals surface area contributed by atoms with Crippen LogP contribution in [0, 0.1) is 5.92 Å². The maximum absolute atomic E-state index is 12.5. The van der Waals surface area contributed by atoms with Crippen LogP contribution in [0.2, 0.25) is 0 Å². The van der Waals surface area contributed by atoms with Gasteiger partial charge in [-0.05, 0) is 74.9 Å². The van der Waals surface area contributed by atoms with E-state index < -0.39 is 12.0 Å². The van der Waals surface area contributed by atoms with Gasteiger partial charge in [0.25, 0.3) is 0 Å². The number of para-hydroxylation sites is 1. The fraction of sp³-hybridized carbons (Fsp3) is 0.367. The Bertz CT molecular complexity index is 1520. The summed E-state index contributed by atoms with van der Waals surface area (Å²) in [6, 6.07) is 16.4. The first kappa shape index (κ1) is 27.4. The van der Waals surface area contributed by atoms with Crippen LogP contribution in [-0.4, -0.2) is 50.3 Å². The molecule has 10 heteroatoms. The Kier molecular flexibility index (Phi) is 7.90. The Morgan fingerprint density at radius 2 is 1.98 bits per heavy atom. The molecule has 2 aromatic heterocycles. The summed E-state index contributed by atoms with van der Waals surface area (Å²) >= 11 is 0. The molecule has 5 N–H and O–H groups in total. The monoisotopic (exact) mass is 545 g/mol. The molecule has 1 aliphatic carbocycles. The van der Waals surface area contributed by atoms with E-state index in [1.165, 1.54) is 6.20 Å². The average Bonchev–Trinajstić information content (AvgIpc) is 3.69. The number of carbonyl (C=O) groups is 1. The normalized spacial score (nSPS) is 14.3. The SMILES string of the molecule is CC(C)(Cc1ccc(Oc2ccc(C(N)=O)cn2)cc1)NCC(O)COc1cccc2[nH]c(=O)n(CC3CC3)c12. The van der Waals surface area contributed by atoms with E-state index in [2.05, 4.69) is 29.1 Å². The highest BCUT2D eigenvalue weighted by molar-refractivity contribution is 5.92. The summed E-state index contributed by atoms with van der Waals surface area (Å²) in [6.07, 6.45) is 3.66. The molecule has 1 saturated carbocycles. The van der Waals surface area contributed by atoms with E-state index in [0.29, 0.717) is 41.9 Å². The van der Waals surface area contributed by atoms with Crippen molar-refractivity contribution in [1.29, 1.82) is 0 Å². The quantitative estimate of drug-likeness (QED) is 0.202. The number of H-pyrrole nitrogens is 1. The smallest absolute Gasteiger partial charge is 0.326 e. The van der Waals surface area contributed by atoms with Crippen molar-refractivity contribution in [1.82, 2.24) is 19.9 Å². The number of pyridine rings is 1. The van der Waals surface area contributed by atoms with Crippen LogP contribution in [-0.2, 0) is 13.0 Å². The number of hydrogen-bond acceptors (Lipinski definition) is 7. The van der Waals surface area contributed by atoms with E-state index in [-0.39, 0.29) is 17.8 Å². The molecule has 10 nitrogen and oxygen atoms in total. The molecule has 210 valence electrons. The first-order chi connectivity index (χ1) is 19.2. The van der Waals surface area contributed by atoms with Crippen LogP contribution in [0.25, 0.3) is 11.0 Å². The zero-order chi connectivity index (χ0) is 28.3. The van der Waals surface area contributed by atoms with Crippen molar-refractivity contribution in [3.8, 4) is 17.4 Å². The van der Waals surface area contributed by atoms with Gasteiger partial charge in [0.05, 0.1) is 11.1 Å². The first-order valence-electron chi connectivity index (χ1n) is 13.5. The summed E-state index contributed by atoms with van der Waals surface area (Å²) in [5.74, 6) is 1.60. The van der Waals surface area contributed by atoms with Crippen LogP contribution in [0.3, 0.4) is 0 Å². The molecule has 2 heterocycles. The van der Waals surface area contributed by atoms with Gasteiger partial charge in [-0.3, -0.25) is 9.36 Å². The number of rotatable bonds is 13. The van der Waals surface area contributed by atoms with Gasteiger partial charge in [0.2, 0.25) is 11.8 Å². The van der Waals surface area contributed by atoms with Crippen molar-refractivity contribution in [2.24, 2.45) is 11.7 Å². The standard InChI is InChI=1S/C30H35N5O5/c1-30(2,14-19-8-11-23(12-9-19)40-26-13-10-21(15-32-26)28(31)37)33-16-22(36)18-39-25-5-3-4-24-27(25)35(29(38)34-24)17-20-6-7-20/h3-5,8-13,15,20,22,33,36H,6-7,14,16-18H2,1-2H3,(H2,31,37)(H,34,38). The number of fused-ring (bicyclic) bond motifs is 1. The number of aromatic amines is 1. The number of amides is 1. The number of β-amino-alcohol motifs (C(OH)–C–C–N with tert-alkyl or cyclic N) is 1. The predicted molar refractivity (Wildman–Crippen MR) is 152 cm³/mol. The molecule has 0 radical (unpaired) electrons. The maximum atomic E-state index is 12.5. The van der Waals surface area contributed by atoms with Crippen molar-refractivity contribution < 1.29 is 19.4 Å².